The predicted octanol–water partition coefficient (Wildman–Crippen LogP) is 2.23. The van der Waals surface area contributed by atoms with Gasteiger partial charge in [-0.15, -0.1) is 0 Å². The van der Waals surface area contributed by atoms with Gasteiger partial charge >= 0.3 is 0 Å². The second-order valence-electron chi connectivity index (χ2n) is 5.52. The summed E-state index contributed by atoms with van der Waals surface area (Å²) >= 11 is 3.53. The number of halogens is 1. The first-order valence-corrected chi connectivity index (χ1v) is 8.11. The van der Waals surface area contributed by atoms with Crippen LogP contribution in [0.2, 0.25) is 0 Å². The molecule has 2 N–H and O–H groups in total. The molecule has 0 spiro atoms. The van der Waals surface area contributed by atoms with E-state index in [1.165, 1.54) is 10.5 Å². The highest BCUT2D eigenvalue weighted by Gasteiger charge is 2.34. The van der Waals surface area contributed by atoms with Crippen molar-refractivity contribution >= 4 is 27.7 Å². The van der Waals surface area contributed by atoms with Crippen LogP contribution in [0.5, 0.6) is 0 Å². The predicted molar refractivity (Wildman–Crippen MR) is 85.3 cm³/mol. The van der Waals surface area contributed by atoms with Crippen LogP contribution in [0.25, 0.3) is 0 Å². The summed E-state index contributed by atoms with van der Waals surface area (Å²) in [5.74, 6) is -1.26. The number of nitrogens with zero attached hydrogens (tertiary/aromatic N) is 1. The Morgan fingerprint density at radius 1 is 1.50 bits per heavy atom. The number of carbonyl (C=O) groups is 2. The van der Waals surface area contributed by atoms with Gasteiger partial charge < -0.3 is 15.3 Å². The van der Waals surface area contributed by atoms with Crippen molar-refractivity contribution < 1.29 is 14.7 Å². The Kier molecular flexibility index (Phi) is 3.95. The number of carbonyl (C=O) groups excluding carboxylic acids is 2. The molecule has 1 aromatic rings. The van der Waals surface area contributed by atoms with E-state index in [0.717, 1.165) is 22.9 Å². The van der Waals surface area contributed by atoms with Crippen LogP contribution in [-0.2, 0) is 16.0 Å². The van der Waals surface area contributed by atoms with Crippen molar-refractivity contribution in [1.82, 2.24) is 10.2 Å². The number of amides is 2. The molecule has 1 unspecified atom stereocenters. The molecule has 0 saturated heterocycles. The molecule has 0 fully saturated rings. The number of aliphatic hydroxyl groups excluding tert-OH is 1. The summed E-state index contributed by atoms with van der Waals surface area (Å²) in [5, 5.41) is 12.8. The van der Waals surface area contributed by atoms with Crippen molar-refractivity contribution in [3.63, 3.8) is 0 Å². The molecular formula is C16H17BrN2O3. The fraction of sp³-hybridized carbons (Fsp3) is 0.375. The van der Waals surface area contributed by atoms with E-state index in [-0.39, 0.29) is 24.1 Å². The van der Waals surface area contributed by atoms with E-state index in [2.05, 4.69) is 21.2 Å². The molecule has 1 atom stereocenters. The number of hydrogen-bond acceptors (Lipinski definition) is 3. The van der Waals surface area contributed by atoms with Crippen LogP contribution in [0.1, 0.15) is 30.5 Å². The summed E-state index contributed by atoms with van der Waals surface area (Å²) < 4.78 is 1.05. The van der Waals surface area contributed by atoms with E-state index >= 15 is 0 Å². The highest BCUT2D eigenvalue weighted by atomic mass is 79.9. The van der Waals surface area contributed by atoms with Crippen LogP contribution in [0.4, 0.5) is 0 Å². The zero-order chi connectivity index (χ0) is 15.9. The number of likely N-dealkylation sites (N-methyl/N-ethyl adjacent to an activating group) is 1. The second kappa shape index (κ2) is 5.76. The molecule has 0 saturated carbocycles. The van der Waals surface area contributed by atoms with Crippen molar-refractivity contribution in [1.29, 1.82) is 0 Å². The number of aliphatic hydroxyl groups is 1. The van der Waals surface area contributed by atoms with Gasteiger partial charge in [0.1, 0.15) is 0 Å². The lowest BCUT2D eigenvalue weighted by molar-refractivity contribution is -0.127. The Balaban J connectivity index is 1.78. The van der Waals surface area contributed by atoms with Crippen LogP contribution < -0.4 is 5.32 Å². The SMILES string of the molecule is CCN1CC(C(=O)NC2CCc3c(Br)cccc32)=C(O)C1=O. The highest BCUT2D eigenvalue weighted by Crippen LogP contribution is 2.35. The maximum atomic E-state index is 12.4. The summed E-state index contributed by atoms with van der Waals surface area (Å²) in [6.07, 6.45) is 1.72. The van der Waals surface area contributed by atoms with Gasteiger partial charge in [0, 0.05) is 11.0 Å². The van der Waals surface area contributed by atoms with Crippen molar-refractivity contribution in [2.45, 2.75) is 25.8 Å². The average molecular weight is 365 g/mol. The molecule has 1 aliphatic carbocycles. The van der Waals surface area contributed by atoms with Gasteiger partial charge in [-0.1, -0.05) is 28.1 Å². The molecule has 116 valence electrons. The van der Waals surface area contributed by atoms with Gasteiger partial charge in [0.25, 0.3) is 11.8 Å². The number of nitrogens with one attached hydrogen (secondary N) is 1. The Morgan fingerprint density at radius 2 is 2.27 bits per heavy atom. The van der Waals surface area contributed by atoms with Crippen LogP contribution in [0.3, 0.4) is 0 Å². The molecule has 2 aliphatic rings. The molecule has 22 heavy (non-hydrogen) atoms. The van der Waals surface area contributed by atoms with Crippen molar-refractivity contribution in [3.05, 3.63) is 45.1 Å². The minimum atomic E-state index is -0.470. The maximum absolute atomic E-state index is 12.4. The first kappa shape index (κ1) is 15.1. The third-order valence-corrected chi connectivity index (χ3v) is 5.04. The summed E-state index contributed by atoms with van der Waals surface area (Å²) in [6, 6.07) is 5.87. The van der Waals surface area contributed by atoms with Gasteiger partial charge in [-0.25, -0.2) is 0 Å². The Morgan fingerprint density at radius 3 is 2.95 bits per heavy atom. The molecule has 0 aromatic heterocycles. The molecule has 2 amide bonds. The fourth-order valence-corrected chi connectivity index (χ4v) is 3.64. The third kappa shape index (κ3) is 2.41. The van der Waals surface area contributed by atoms with Crippen molar-refractivity contribution in [2.75, 3.05) is 13.1 Å². The second-order valence-corrected chi connectivity index (χ2v) is 6.37. The molecule has 1 aliphatic heterocycles. The van der Waals surface area contributed by atoms with Gasteiger partial charge in [0.05, 0.1) is 18.2 Å². The Bertz CT molecular complexity index is 684. The van der Waals surface area contributed by atoms with Crippen LogP contribution >= 0.6 is 15.9 Å². The topological polar surface area (TPSA) is 69.6 Å². The summed E-state index contributed by atoms with van der Waals surface area (Å²) in [4.78, 5) is 25.6. The molecular weight excluding hydrogens is 348 g/mol. The molecule has 0 radical (unpaired) electrons. The molecule has 5 nitrogen and oxygen atoms in total. The summed E-state index contributed by atoms with van der Waals surface area (Å²) in [7, 11) is 0. The van der Waals surface area contributed by atoms with E-state index in [0.29, 0.717) is 6.54 Å². The zero-order valence-electron chi connectivity index (χ0n) is 12.2. The van der Waals surface area contributed by atoms with Gasteiger partial charge in [0.15, 0.2) is 5.76 Å². The van der Waals surface area contributed by atoms with E-state index < -0.39 is 11.7 Å². The lowest BCUT2D eigenvalue weighted by Gasteiger charge is -2.16. The minimum absolute atomic E-state index is 0.0777. The molecule has 0 bridgehead atoms. The van der Waals surface area contributed by atoms with Gasteiger partial charge in [-0.2, -0.15) is 0 Å². The normalized spacial score (nSPS) is 20.5. The van der Waals surface area contributed by atoms with E-state index in [9.17, 15) is 14.7 Å². The lowest BCUT2D eigenvalue weighted by Crippen LogP contribution is -2.31. The smallest absolute Gasteiger partial charge is 0.289 e. The molecule has 1 aromatic carbocycles. The van der Waals surface area contributed by atoms with Crippen molar-refractivity contribution in [2.24, 2.45) is 0 Å². The minimum Gasteiger partial charge on any atom is -0.503 e. The van der Waals surface area contributed by atoms with Crippen LogP contribution in [0.15, 0.2) is 34.0 Å². The first-order chi connectivity index (χ1) is 10.5. The monoisotopic (exact) mass is 364 g/mol. The van der Waals surface area contributed by atoms with Crippen LogP contribution in [0, 0.1) is 0 Å². The average Bonchev–Trinajstić information content (AvgIpc) is 3.03. The Labute approximate surface area is 137 Å². The Hall–Kier alpha value is -1.82. The largest absolute Gasteiger partial charge is 0.503 e. The first-order valence-electron chi connectivity index (χ1n) is 7.32. The summed E-state index contributed by atoms with van der Waals surface area (Å²) in [5.41, 5.74) is 2.47. The maximum Gasteiger partial charge on any atom is 0.289 e. The van der Waals surface area contributed by atoms with Crippen molar-refractivity contribution in [3.8, 4) is 0 Å². The third-order valence-electron chi connectivity index (χ3n) is 4.30. The number of fused-ring (bicyclic) bond motifs is 1. The van der Waals surface area contributed by atoms with E-state index in [1.807, 2.05) is 25.1 Å². The van der Waals surface area contributed by atoms with Gasteiger partial charge in [0.2, 0.25) is 0 Å². The quantitative estimate of drug-likeness (QED) is 0.863. The lowest BCUT2D eigenvalue weighted by atomic mass is 10.1. The van der Waals surface area contributed by atoms with Gasteiger partial charge in [-0.05, 0) is 37.0 Å². The standard InChI is InChI=1S/C16H17BrN2O3/c1-2-19-8-11(14(20)16(19)22)15(21)18-13-7-6-9-10(13)4-3-5-12(9)17/h3-5,13,20H,2,6-8H2,1H3,(H,18,21). The fourth-order valence-electron chi connectivity index (χ4n) is 3.06. The molecule has 3 rings (SSSR count). The highest BCUT2D eigenvalue weighted by molar-refractivity contribution is 9.10. The summed E-state index contributed by atoms with van der Waals surface area (Å²) in [6.45, 7) is 2.46. The van der Waals surface area contributed by atoms with E-state index in [1.54, 1.807) is 0 Å². The number of hydrogen-bond donors (Lipinski definition) is 2. The molecule has 6 heteroatoms. The zero-order valence-corrected chi connectivity index (χ0v) is 13.8. The van der Waals surface area contributed by atoms with Crippen LogP contribution in [-0.4, -0.2) is 34.9 Å². The number of benzene rings is 1. The van der Waals surface area contributed by atoms with E-state index in [4.69, 9.17) is 0 Å². The number of rotatable bonds is 3. The molecule has 1 heterocycles. The van der Waals surface area contributed by atoms with Gasteiger partial charge in [-0.3, -0.25) is 9.59 Å².